The van der Waals surface area contributed by atoms with E-state index < -0.39 is 0 Å². The maximum Gasteiger partial charge on any atom is 0.251 e. The van der Waals surface area contributed by atoms with Crippen LogP contribution in [0.15, 0.2) is 24.3 Å². The molecule has 1 atom stereocenters. The highest BCUT2D eigenvalue weighted by molar-refractivity contribution is 6.21. The third-order valence-electron chi connectivity index (χ3n) is 2.26. The van der Waals surface area contributed by atoms with Crippen molar-refractivity contribution in [1.82, 2.24) is 5.32 Å². The van der Waals surface area contributed by atoms with Crippen LogP contribution in [0.25, 0.3) is 0 Å². The van der Waals surface area contributed by atoms with Crippen molar-refractivity contribution < 1.29 is 14.3 Å². The predicted octanol–water partition coefficient (Wildman–Crippen LogP) is 2.07. The van der Waals surface area contributed by atoms with E-state index in [1.54, 1.807) is 31.4 Å². The zero-order valence-corrected chi connectivity index (χ0v) is 11.4. The van der Waals surface area contributed by atoms with Crippen LogP contribution in [0.1, 0.15) is 17.3 Å². The highest BCUT2D eigenvalue weighted by atomic mass is 35.5. The average molecular weight is 272 g/mol. The molecular weight excluding hydrogens is 254 g/mol. The van der Waals surface area contributed by atoms with E-state index in [-0.39, 0.29) is 11.3 Å². The van der Waals surface area contributed by atoms with Crippen LogP contribution in [0.4, 0.5) is 0 Å². The molecule has 1 amide bonds. The van der Waals surface area contributed by atoms with Crippen LogP contribution in [0.5, 0.6) is 5.75 Å². The highest BCUT2D eigenvalue weighted by Gasteiger charge is 2.09. The first kappa shape index (κ1) is 14.8. The number of carbonyl (C=O) groups is 1. The van der Waals surface area contributed by atoms with Gasteiger partial charge in [0.1, 0.15) is 5.75 Å². The third-order valence-corrected chi connectivity index (χ3v) is 2.54. The summed E-state index contributed by atoms with van der Waals surface area (Å²) in [6.07, 6.45) is 0. The molecule has 1 N–H and O–H groups in total. The van der Waals surface area contributed by atoms with Gasteiger partial charge in [-0.3, -0.25) is 4.79 Å². The first-order valence-electron chi connectivity index (χ1n) is 5.81. The summed E-state index contributed by atoms with van der Waals surface area (Å²) >= 11 is 5.92. The highest BCUT2D eigenvalue weighted by Crippen LogP contribution is 2.11. The molecule has 100 valence electrons. The second kappa shape index (κ2) is 7.95. The summed E-state index contributed by atoms with van der Waals surface area (Å²) in [7, 11) is 1.57. The van der Waals surface area contributed by atoms with Gasteiger partial charge < -0.3 is 14.8 Å². The van der Waals surface area contributed by atoms with Crippen molar-refractivity contribution in [1.29, 1.82) is 0 Å². The molecule has 18 heavy (non-hydrogen) atoms. The molecule has 0 bridgehead atoms. The third kappa shape index (κ3) is 4.94. The van der Waals surface area contributed by atoms with Gasteiger partial charge >= 0.3 is 0 Å². The minimum atomic E-state index is -0.221. The first-order valence-corrected chi connectivity index (χ1v) is 6.25. The summed E-state index contributed by atoms with van der Waals surface area (Å²) in [5.41, 5.74) is 0.583. The number of hydrogen-bond donors (Lipinski definition) is 1. The largest absolute Gasteiger partial charge is 0.494 e. The van der Waals surface area contributed by atoms with E-state index in [1.165, 1.54) is 0 Å². The molecule has 4 nitrogen and oxygen atoms in total. The van der Waals surface area contributed by atoms with Crippen LogP contribution in [0, 0.1) is 0 Å². The number of alkyl halides is 1. The molecule has 0 radical (unpaired) electrons. The van der Waals surface area contributed by atoms with Crippen LogP contribution in [-0.2, 0) is 4.74 Å². The minimum Gasteiger partial charge on any atom is -0.494 e. The van der Waals surface area contributed by atoms with Crippen LogP contribution >= 0.6 is 11.6 Å². The van der Waals surface area contributed by atoms with Crippen molar-refractivity contribution in [3.8, 4) is 5.75 Å². The van der Waals surface area contributed by atoms with Gasteiger partial charge in [0.2, 0.25) is 0 Å². The van der Waals surface area contributed by atoms with E-state index in [0.717, 1.165) is 5.75 Å². The second-order valence-electron chi connectivity index (χ2n) is 3.72. The van der Waals surface area contributed by atoms with E-state index in [9.17, 15) is 4.79 Å². The average Bonchev–Trinajstić information content (AvgIpc) is 2.37. The second-order valence-corrected chi connectivity index (χ2v) is 4.34. The maximum absolute atomic E-state index is 11.8. The normalized spacial score (nSPS) is 11.9. The summed E-state index contributed by atoms with van der Waals surface area (Å²) in [6, 6.07) is 6.98. The van der Waals surface area contributed by atoms with Gasteiger partial charge in [0.05, 0.1) is 18.6 Å². The monoisotopic (exact) mass is 271 g/mol. The van der Waals surface area contributed by atoms with Crippen LogP contribution in [0.3, 0.4) is 0 Å². The summed E-state index contributed by atoms with van der Waals surface area (Å²) in [5.74, 6) is 0.600. The number of rotatable bonds is 7. The predicted molar refractivity (Wildman–Crippen MR) is 71.5 cm³/mol. The van der Waals surface area contributed by atoms with Crippen molar-refractivity contribution in [2.75, 3.05) is 26.9 Å². The van der Waals surface area contributed by atoms with Gasteiger partial charge in [-0.1, -0.05) is 0 Å². The lowest BCUT2D eigenvalue weighted by atomic mass is 10.2. The van der Waals surface area contributed by atoms with E-state index >= 15 is 0 Å². The number of hydrogen-bond acceptors (Lipinski definition) is 3. The van der Waals surface area contributed by atoms with Crippen molar-refractivity contribution in [3.63, 3.8) is 0 Å². The lowest BCUT2D eigenvalue weighted by molar-refractivity contribution is 0.0949. The standard InChI is InChI=1S/C13H18ClNO3/c1-3-18-12-6-4-10(5-7-12)13(16)15-8-11(14)9-17-2/h4-7,11H,3,8-9H2,1-2H3,(H,15,16). The summed E-state index contributed by atoms with van der Waals surface area (Å²) < 4.78 is 10.2. The fourth-order valence-corrected chi connectivity index (χ4v) is 1.62. The Morgan fingerprint density at radius 2 is 2.06 bits per heavy atom. The molecule has 0 aliphatic rings. The van der Waals surface area contributed by atoms with Gasteiger partial charge in [-0.2, -0.15) is 0 Å². The summed E-state index contributed by atoms with van der Waals surface area (Å²) in [5, 5.41) is 2.52. The Bertz CT molecular complexity index is 367. The maximum atomic E-state index is 11.8. The molecule has 1 aromatic rings. The Kier molecular flexibility index (Phi) is 6.54. The lowest BCUT2D eigenvalue weighted by Crippen LogP contribution is -2.31. The van der Waals surface area contributed by atoms with Gasteiger partial charge in [-0.25, -0.2) is 0 Å². The molecule has 0 saturated heterocycles. The van der Waals surface area contributed by atoms with Gasteiger partial charge in [0, 0.05) is 19.2 Å². The van der Waals surface area contributed by atoms with Crippen LogP contribution < -0.4 is 10.1 Å². The van der Waals surface area contributed by atoms with Gasteiger partial charge in [-0.15, -0.1) is 11.6 Å². The van der Waals surface area contributed by atoms with E-state index in [2.05, 4.69) is 5.32 Å². The Morgan fingerprint density at radius 3 is 2.61 bits per heavy atom. The molecule has 1 rings (SSSR count). The fourth-order valence-electron chi connectivity index (χ4n) is 1.41. The van der Waals surface area contributed by atoms with Crippen molar-refractivity contribution >= 4 is 17.5 Å². The van der Waals surface area contributed by atoms with Crippen LogP contribution in [-0.4, -0.2) is 38.2 Å². The molecule has 0 aliphatic heterocycles. The Hall–Kier alpha value is -1.26. The molecule has 0 spiro atoms. The molecule has 5 heteroatoms. The SMILES string of the molecule is CCOc1ccc(C(=O)NCC(Cl)COC)cc1. The molecule has 0 fully saturated rings. The fraction of sp³-hybridized carbons (Fsp3) is 0.462. The number of ether oxygens (including phenoxy) is 2. The minimum absolute atomic E-state index is 0.153. The molecule has 1 aromatic carbocycles. The molecular formula is C13H18ClNO3. The summed E-state index contributed by atoms with van der Waals surface area (Å²) in [6.45, 7) is 3.31. The van der Waals surface area contributed by atoms with Crippen LogP contribution in [0.2, 0.25) is 0 Å². The molecule has 0 saturated carbocycles. The quantitative estimate of drug-likeness (QED) is 0.773. The number of nitrogens with one attached hydrogen (secondary N) is 1. The van der Waals surface area contributed by atoms with Crippen molar-refractivity contribution in [2.45, 2.75) is 12.3 Å². The van der Waals surface area contributed by atoms with E-state index in [0.29, 0.717) is 25.3 Å². The Balaban J connectivity index is 2.46. The van der Waals surface area contributed by atoms with Gasteiger partial charge in [0.25, 0.3) is 5.91 Å². The summed E-state index contributed by atoms with van der Waals surface area (Å²) in [4.78, 5) is 11.8. The molecule has 0 aromatic heterocycles. The Morgan fingerprint density at radius 1 is 1.39 bits per heavy atom. The lowest BCUT2D eigenvalue weighted by Gasteiger charge is -2.10. The van der Waals surface area contributed by atoms with E-state index in [1.807, 2.05) is 6.92 Å². The smallest absolute Gasteiger partial charge is 0.251 e. The van der Waals surface area contributed by atoms with Crippen molar-refractivity contribution in [3.05, 3.63) is 29.8 Å². The topological polar surface area (TPSA) is 47.6 Å². The number of benzene rings is 1. The number of halogens is 1. The molecule has 0 aliphatic carbocycles. The van der Waals surface area contributed by atoms with Crippen molar-refractivity contribution in [2.24, 2.45) is 0 Å². The Labute approximate surface area is 112 Å². The number of methoxy groups -OCH3 is 1. The first-order chi connectivity index (χ1) is 8.67. The molecule has 1 unspecified atom stereocenters. The number of carbonyl (C=O) groups excluding carboxylic acids is 1. The molecule has 0 heterocycles. The van der Waals surface area contributed by atoms with E-state index in [4.69, 9.17) is 21.1 Å². The zero-order valence-electron chi connectivity index (χ0n) is 10.6. The van der Waals surface area contributed by atoms with Gasteiger partial charge in [0.15, 0.2) is 0 Å². The van der Waals surface area contributed by atoms with Gasteiger partial charge in [-0.05, 0) is 31.2 Å². The number of amides is 1. The zero-order chi connectivity index (χ0) is 13.4.